The molecule has 0 heterocycles. The Morgan fingerprint density at radius 3 is 1.04 bits per heavy atom. The lowest BCUT2D eigenvalue weighted by molar-refractivity contribution is -0.167. The molecule has 6 heteroatoms. The summed E-state index contributed by atoms with van der Waals surface area (Å²) in [5.74, 6) is -0.887. The highest BCUT2D eigenvalue weighted by molar-refractivity contribution is 5.71. The van der Waals surface area contributed by atoms with Gasteiger partial charge in [0, 0.05) is 19.3 Å². The van der Waals surface area contributed by atoms with E-state index >= 15 is 0 Å². The van der Waals surface area contributed by atoms with E-state index in [0.29, 0.717) is 19.3 Å². The van der Waals surface area contributed by atoms with Crippen LogP contribution in [0.15, 0.2) is 24.3 Å². The quantitative estimate of drug-likeness (QED) is 0.0267. The zero-order chi connectivity index (χ0) is 39.4. The number of carbonyl (C=O) groups is 3. The van der Waals surface area contributed by atoms with Crippen LogP contribution in [0.1, 0.15) is 245 Å². The largest absolute Gasteiger partial charge is 0.462 e. The first-order valence-electron chi connectivity index (χ1n) is 23.3. The van der Waals surface area contributed by atoms with Gasteiger partial charge in [-0.2, -0.15) is 0 Å². The van der Waals surface area contributed by atoms with Gasteiger partial charge in [0.2, 0.25) is 0 Å². The minimum Gasteiger partial charge on any atom is -0.462 e. The molecular formula is C48H88O6. The first kappa shape index (κ1) is 51.9. The Balaban J connectivity index is 4.29. The normalized spacial score (nSPS) is 12.1. The number of hydrogen-bond donors (Lipinski definition) is 0. The summed E-state index contributed by atoms with van der Waals surface area (Å²) in [6.07, 6.45) is 47.4. The Morgan fingerprint density at radius 1 is 0.370 bits per heavy atom. The van der Waals surface area contributed by atoms with Crippen molar-refractivity contribution in [3.05, 3.63) is 24.3 Å². The van der Waals surface area contributed by atoms with Gasteiger partial charge in [-0.3, -0.25) is 14.4 Å². The number of rotatable bonds is 42. The molecule has 0 rings (SSSR count). The molecule has 0 fully saturated rings. The maximum atomic E-state index is 12.7. The van der Waals surface area contributed by atoms with Crippen LogP contribution in [0.5, 0.6) is 0 Å². The van der Waals surface area contributed by atoms with E-state index in [1.54, 1.807) is 0 Å². The molecule has 54 heavy (non-hydrogen) atoms. The zero-order valence-electron chi connectivity index (χ0n) is 36.0. The van der Waals surface area contributed by atoms with Crippen LogP contribution < -0.4 is 0 Å². The van der Waals surface area contributed by atoms with E-state index in [-0.39, 0.29) is 31.1 Å². The van der Waals surface area contributed by atoms with Crippen LogP contribution in [-0.2, 0) is 28.6 Å². The summed E-state index contributed by atoms with van der Waals surface area (Å²) < 4.78 is 16.7. The Bertz CT molecular complexity index is 880. The van der Waals surface area contributed by atoms with Gasteiger partial charge < -0.3 is 14.2 Å². The van der Waals surface area contributed by atoms with E-state index in [1.165, 1.54) is 128 Å². The van der Waals surface area contributed by atoms with Crippen LogP contribution in [-0.4, -0.2) is 37.2 Å². The van der Waals surface area contributed by atoms with Crippen LogP contribution in [0.3, 0.4) is 0 Å². The molecular weight excluding hydrogens is 673 g/mol. The Hall–Kier alpha value is -2.11. The Labute approximate surface area is 334 Å². The maximum Gasteiger partial charge on any atom is 0.306 e. The number of unbranched alkanes of at least 4 members (excludes halogenated alkanes) is 27. The summed E-state index contributed by atoms with van der Waals surface area (Å²) in [6.45, 7) is 6.57. The molecule has 0 amide bonds. The second kappa shape index (κ2) is 43.6. The SMILES string of the molecule is CCCCCC/C=C\C/C=C\CCCCCCCC(=O)OCC(COC(=O)CCCCCCCCC)OC(=O)CCCCCCCCCCCCCCC. The van der Waals surface area contributed by atoms with E-state index in [2.05, 4.69) is 45.1 Å². The molecule has 1 unspecified atom stereocenters. The lowest BCUT2D eigenvalue weighted by Gasteiger charge is -2.18. The van der Waals surface area contributed by atoms with Gasteiger partial charge in [-0.05, 0) is 51.4 Å². The smallest absolute Gasteiger partial charge is 0.306 e. The van der Waals surface area contributed by atoms with Crippen LogP contribution in [0.4, 0.5) is 0 Å². The van der Waals surface area contributed by atoms with E-state index in [4.69, 9.17) is 14.2 Å². The fourth-order valence-corrected chi connectivity index (χ4v) is 6.65. The monoisotopic (exact) mass is 761 g/mol. The summed E-state index contributed by atoms with van der Waals surface area (Å²) in [6, 6.07) is 0. The zero-order valence-corrected chi connectivity index (χ0v) is 36.0. The third-order valence-electron chi connectivity index (χ3n) is 10.2. The standard InChI is InChI=1S/C48H88O6/c1-4-7-10-13-16-18-20-22-23-24-26-27-29-32-35-38-41-47(50)53-44-45(43-52-46(49)40-37-34-31-15-12-9-6-3)54-48(51)42-39-36-33-30-28-25-21-19-17-14-11-8-5-2/h18,20,23-24,45H,4-17,19,21-22,25-44H2,1-3H3/b20-18-,24-23-. The molecule has 0 N–H and O–H groups in total. The fourth-order valence-electron chi connectivity index (χ4n) is 6.65. The van der Waals surface area contributed by atoms with Gasteiger partial charge in [-0.15, -0.1) is 0 Å². The number of esters is 3. The Morgan fingerprint density at radius 2 is 0.667 bits per heavy atom. The minimum absolute atomic E-state index is 0.0727. The van der Waals surface area contributed by atoms with Crippen molar-refractivity contribution in [3.63, 3.8) is 0 Å². The first-order valence-corrected chi connectivity index (χ1v) is 23.3. The molecule has 0 aliphatic rings. The highest BCUT2D eigenvalue weighted by Gasteiger charge is 2.19. The predicted octanol–water partition coefficient (Wildman–Crippen LogP) is 14.8. The first-order chi connectivity index (χ1) is 26.5. The van der Waals surface area contributed by atoms with Crippen molar-refractivity contribution in [2.75, 3.05) is 13.2 Å². The number of carbonyl (C=O) groups excluding carboxylic acids is 3. The molecule has 1 atom stereocenters. The number of hydrogen-bond acceptors (Lipinski definition) is 6. The number of allylic oxidation sites excluding steroid dienone is 4. The summed E-state index contributed by atoms with van der Waals surface area (Å²) in [4.78, 5) is 37.6. The maximum absolute atomic E-state index is 12.7. The second-order valence-electron chi connectivity index (χ2n) is 15.7. The third-order valence-corrected chi connectivity index (χ3v) is 10.2. The van der Waals surface area contributed by atoms with E-state index < -0.39 is 6.10 Å². The van der Waals surface area contributed by atoms with Gasteiger partial charge in [-0.25, -0.2) is 0 Å². The topological polar surface area (TPSA) is 78.9 Å². The molecule has 0 saturated carbocycles. The molecule has 6 nitrogen and oxygen atoms in total. The van der Waals surface area contributed by atoms with Gasteiger partial charge in [0.15, 0.2) is 6.10 Å². The highest BCUT2D eigenvalue weighted by atomic mass is 16.6. The highest BCUT2D eigenvalue weighted by Crippen LogP contribution is 2.15. The van der Waals surface area contributed by atoms with Crippen LogP contribution >= 0.6 is 0 Å². The molecule has 0 aliphatic carbocycles. The van der Waals surface area contributed by atoms with Crippen molar-refractivity contribution in [1.82, 2.24) is 0 Å². The Kier molecular flexibility index (Phi) is 41.9. The van der Waals surface area contributed by atoms with Crippen molar-refractivity contribution >= 4 is 17.9 Å². The fraction of sp³-hybridized carbons (Fsp3) is 0.854. The van der Waals surface area contributed by atoms with Crippen molar-refractivity contribution in [3.8, 4) is 0 Å². The minimum atomic E-state index is -0.768. The molecule has 0 saturated heterocycles. The van der Waals surface area contributed by atoms with Crippen molar-refractivity contribution in [2.24, 2.45) is 0 Å². The summed E-state index contributed by atoms with van der Waals surface area (Å²) in [5.41, 5.74) is 0. The van der Waals surface area contributed by atoms with Gasteiger partial charge in [-0.1, -0.05) is 199 Å². The molecule has 0 aromatic rings. The molecule has 0 aromatic heterocycles. The van der Waals surface area contributed by atoms with E-state index in [9.17, 15) is 14.4 Å². The van der Waals surface area contributed by atoms with Crippen LogP contribution in [0, 0.1) is 0 Å². The average molecular weight is 761 g/mol. The third kappa shape index (κ3) is 41.1. The van der Waals surface area contributed by atoms with Gasteiger partial charge in [0.05, 0.1) is 0 Å². The summed E-state index contributed by atoms with van der Waals surface area (Å²) in [5, 5.41) is 0. The predicted molar refractivity (Wildman–Crippen MR) is 229 cm³/mol. The molecule has 0 radical (unpaired) electrons. The average Bonchev–Trinajstić information content (AvgIpc) is 3.17. The van der Waals surface area contributed by atoms with E-state index in [1.807, 2.05) is 0 Å². The van der Waals surface area contributed by atoms with Crippen molar-refractivity contribution < 1.29 is 28.6 Å². The lowest BCUT2D eigenvalue weighted by atomic mass is 10.0. The molecule has 0 spiro atoms. The van der Waals surface area contributed by atoms with Crippen molar-refractivity contribution in [2.45, 2.75) is 252 Å². The molecule has 0 aromatic carbocycles. The lowest BCUT2D eigenvalue weighted by Crippen LogP contribution is -2.30. The van der Waals surface area contributed by atoms with Gasteiger partial charge >= 0.3 is 17.9 Å². The summed E-state index contributed by atoms with van der Waals surface area (Å²) >= 11 is 0. The summed E-state index contributed by atoms with van der Waals surface area (Å²) in [7, 11) is 0. The van der Waals surface area contributed by atoms with Crippen LogP contribution in [0.25, 0.3) is 0 Å². The van der Waals surface area contributed by atoms with Crippen molar-refractivity contribution in [1.29, 1.82) is 0 Å². The second-order valence-corrected chi connectivity index (χ2v) is 15.7. The molecule has 316 valence electrons. The van der Waals surface area contributed by atoms with Crippen LogP contribution in [0.2, 0.25) is 0 Å². The van der Waals surface area contributed by atoms with E-state index in [0.717, 1.165) is 77.0 Å². The van der Waals surface area contributed by atoms with Gasteiger partial charge in [0.25, 0.3) is 0 Å². The molecule has 0 bridgehead atoms. The van der Waals surface area contributed by atoms with Gasteiger partial charge in [0.1, 0.15) is 13.2 Å². The molecule has 0 aliphatic heterocycles. The number of ether oxygens (including phenoxy) is 3.